The Labute approximate surface area is 138 Å². The summed E-state index contributed by atoms with van der Waals surface area (Å²) in [7, 11) is 0. The summed E-state index contributed by atoms with van der Waals surface area (Å²) in [6, 6.07) is 6.25. The smallest absolute Gasteiger partial charge is 0.227 e. The van der Waals surface area contributed by atoms with Gasteiger partial charge in [0.15, 0.2) is 0 Å². The molecule has 1 aromatic rings. The summed E-state index contributed by atoms with van der Waals surface area (Å²) < 4.78 is 0. The summed E-state index contributed by atoms with van der Waals surface area (Å²) in [6.45, 7) is 8.92. The van der Waals surface area contributed by atoms with Crippen molar-refractivity contribution < 1.29 is 9.59 Å². The minimum Gasteiger partial charge on any atom is -0.339 e. The fourth-order valence-electron chi connectivity index (χ4n) is 3.34. The van der Waals surface area contributed by atoms with Gasteiger partial charge in [-0.05, 0) is 37.3 Å². The van der Waals surface area contributed by atoms with E-state index >= 15 is 0 Å². The molecule has 0 bridgehead atoms. The maximum absolute atomic E-state index is 12.5. The standard InChI is InChI=1S/C19H26N2O2/c1-13-4-5-14(2)16(10-13)12-18(22)20-6-8-21(9-7-20)19(23)17-11-15(17)3/h4-5,10,15,17H,6-9,11-12H2,1-3H3/t15-,17+/m0/s1. The Morgan fingerprint density at radius 1 is 1.09 bits per heavy atom. The van der Waals surface area contributed by atoms with Crippen molar-refractivity contribution in [1.82, 2.24) is 9.80 Å². The van der Waals surface area contributed by atoms with Crippen molar-refractivity contribution in [1.29, 1.82) is 0 Å². The van der Waals surface area contributed by atoms with E-state index in [0.717, 1.165) is 12.0 Å². The van der Waals surface area contributed by atoms with Crippen LogP contribution in [-0.4, -0.2) is 47.8 Å². The Balaban J connectivity index is 1.54. The lowest BCUT2D eigenvalue weighted by Gasteiger charge is -2.35. The molecular formula is C19H26N2O2. The van der Waals surface area contributed by atoms with Gasteiger partial charge in [-0.25, -0.2) is 0 Å². The minimum absolute atomic E-state index is 0.172. The molecule has 2 fully saturated rings. The number of nitrogens with zero attached hydrogens (tertiary/aromatic N) is 2. The molecule has 0 unspecified atom stereocenters. The molecule has 0 spiro atoms. The van der Waals surface area contributed by atoms with E-state index in [9.17, 15) is 9.59 Å². The van der Waals surface area contributed by atoms with Crippen molar-refractivity contribution in [2.24, 2.45) is 11.8 Å². The fraction of sp³-hybridized carbons (Fsp3) is 0.579. The largest absolute Gasteiger partial charge is 0.339 e. The molecule has 3 rings (SSSR count). The number of carbonyl (C=O) groups excluding carboxylic acids is 2. The molecule has 1 saturated heterocycles. The van der Waals surface area contributed by atoms with Gasteiger partial charge >= 0.3 is 0 Å². The van der Waals surface area contributed by atoms with Gasteiger partial charge in [0.05, 0.1) is 6.42 Å². The highest BCUT2D eigenvalue weighted by Gasteiger charge is 2.42. The number of carbonyl (C=O) groups is 2. The zero-order valence-corrected chi connectivity index (χ0v) is 14.3. The van der Waals surface area contributed by atoms with Gasteiger partial charge < -0.3 is 9.80 Å². The van der Waals surface area contributed by atoms with Gasteiger partial charge in [-0.15, -0.1) is 0 Å². The monoisotopic (exact) mass is 314 g/mol. The van der Waals surface area contributed by atoms with Crippen molar-refractivity contribution in [2.45, 2.75) is 33.6 Å². The number of aryl methyl sites for hydroxylation is 2. The summed E-state index contributed by atoms with van der Waals surface area (Å²) in [5, 5.41) is 0. The van der Waals surface area contributed by atoms with E-state index in [1.54, 1.807) is 0 Å². The van der Waals surface area contributed by atoms with Crippen LogP contribution in [0.1, 0.15) is 30.0 Å². The number of hydrogen-bond donors (Lipinski definition) is 0. The minimum atomic E-state index is 0.172. The van der Waals surface area contributed by atoms with Gasteiger partial charge in [0.2, 0.25) is 11.8 Å². The summed E-state index contributed by atoms with van der Waals surface area (Å²) in [4.78, 5) is 28.6. The van der Waals surface area contributed by atoms with Crippen LogP contribution in [0.5, 0.6) is 0 Å². The molecule has 1 heterocycles. The first-order chi connectivity index (χ1) is 11.0. The third kappa shape index (κ3) is 3.57. The summed E-state index contributed by atoms with van der Waals surface area (Å²) in [5.74, 6) is 1.25. The Morgan fingerprint density at radius 3 is 2.30 bits per heavy atom. The lowest BCUT2D eigenvalue weighted by atomic mass is 10.0. The van der Waals surface area contributed by atoms with Gasteiger partial charge in [0, 0.05) is 32.1 Å². The second-order valence-corrected chi connectivity index (χ2v) is 7.13. The van der Waals surface area contributed by atoms with Crippen LogP contribution in [0.2, 0.25) is 0 Å². The Hall–Kier alpha value is -1.84. The number of benzene rings is 1. The first-order valence-electron chi connectivity index (χ1n) is 8.58. The first kappa shape index (κ1) is 16.0. The van der Waals surface area contributed by atoms with E-state index in [-0.39, 0.29) is 11.8 Å². The van der Waals surface area contributed by atoms with E-state index in [0.29, 0.717) is 44.4 Å². The molecule has 1 aromatic carbocycles. The van der Waals surface area contributed by atoms with Crippen LogP contribution in [0, 0.1) is 25.7 Å². The van der Waals surface area contributed by atoms with Gasteiger partial charge in [-0.2, -0.15) is 0 Å². The van der Waals surface area contributed by atoms with Gasteiger partial charge in [-0.3, -0.25) is 9.59 Å². The molecule has 0 aromatic heterocycles. The highest BCUT2D eigenvalue weighted by Crippen LogP contribution is 2.39. The van der Waals surface area contributed by atoms with Crippen LogP contribution in [0.15, 0.2) is 18.2 Å². The average Bonchev–Trinajstić information content (AvgIpc) is 3.27. The van der Waals surface area contributed by atoms with Crippen molar-refractivity contribution in [2.75, 3.05) is 26.2 Å². The second kappa shape index (κ2) is 6.34. The number of rotatable bonds is 3. The van der Waals surface area contributed by atoms with Crippen molar-refractivity contribution in [3.05, 3.63) is 34.9 Å². The van der Waals surface area contributed by atoms with Gasteiger partial charge in [-0.1, -0.05) is 30.7 Å². The Kier molecular flexibility index (Phi) is 4.42. The zero-order valence-electron chi connectivity index (χ0n) is 14.3. The normalized spacial score (nSPS) is 23.8. The van der Waals surface area contributed by atoms with E-state index in [1.807, 2.05) is 9.80 Å². The quantitative estimate of drug-likeness (QED) is 0.858. The van der Waals surface area contributed by atoms with Crippen LogP contribution in [-0.2, 0) is 16.0 Å². The summed E-state index contributed by atoms with van der Waals surface area (Å²) in [5.41, 5.74) is 3.47. The molecule has 1 aliphatic heterocycles. The van der Waals surface area contributed by atoms with Crippen molar-refractivity contribution >= 4 is 11.8 Å². The predicted molar refractivity (Wildman–Crippen MR) is 90.1 cm³/mol. The maximum atomic E-state index is 12.5. The fourth-order valence-corrected chi connectivity index (χ4v) is 3.34. The zero-order chi connectivity index (χ0) is 16.6. The molecule has 4 nitrogen and oxygen atoms in total. The molecule has 2 atom stereocenters. The van der Waals surface area contributed by atoms with E-state index < -0.39 is 0 Å². The van der Waals surface area contributed by atoms with Crippen LogP contribution < -0.4 is 0 Å². The number of piperazine rings is 1. The van der Waals surface area contributed by atoms with Gasteiger partial charge in [0.25, 0.3) is 0 Å². The molecule has 4 heteroatoms. The predicted octanol–water partition coefficient (Wildman–Crippen LogP) is 2.17. The summed E-state index contributed by atoms with van der Waals surface area (Å²) in [6.07, 6.45) is 1.49. The highest BCUT2D eigenvalue weighted by atomic mass is 16.2. The molecule has 0 N–H and O–H groups in total. The van der Waals surface area contributed by atoms with E-state index in [1.165, 1.54) is 11.1 Å². The summed E-state index contributed by atoms with van der Waals surface area (Å²) >= 11 is 0. The van der Waals surface area contributed by atoms with Crippen LogP contribution >= 0.6 is 0 Å². The molecule has 23 heavy (non-hydrogen) atoms. The maximum Gasteiger partial charge on any atom is 0.227 e. The first-order valence-corrected chi connectivity index (χ1v) is 8.58. The Bertz CT molecular complexity index is 618. The molecule has 124 valence electrons. The molecule has 1 saturated carbocycles. The lowest BCUT2D eigenvalue weighted by Crippen LogP contribution is -2.51. The highest BCUT2D eigenvalue weighted by molar-refractivity contribution is 5.82. The molecule has 2 amide bonds. The molecule has 0 radical (unpaired) electrons. The third-order valence-electron chi connectivity index (χ3n) is 5.22. The Morgan fingerprint density at radius 2 is 1.70 bits per heavy atom. The van der Waals surface area contributed by atoms with Crippen LogP contribution in [0.4, 0.5) is 0 Å². The van der Waals surface area contributed by atoms with E-state index in [2.05, 4.69) is 39.0 Å². The molecule has 1 aliphatic carbocycles. The SMILES string of the molecule is Cc1ccc(C)c(CC(=O)N2CCN(C(=O)[C@@H]3C[C@@H]3C)CC2)c1. The lowest BCUT2D eigenvalue weighted by molar-refractivity contribution is -0.140. The van der Waals surface area contributed by atoms with Crippen LogP contribution in [0.25, 0.3) is 0 Å². The van der Waals surface area contributed by atoms with E-state index in [4.69, 9.17) is 0 Å². The third-order valence-corrected chi connectivity index (χ3v) is 5.22. The van der Waals surface area contributed by atoms with Crippen molar-refractivity contribution in [3.63, 3.8) is 0 Å². The number of hydrogen-bond acceptors (Lipinski definition) is 2. The van der Waals surface area contributed by atoms with Gasteiger partial charge in [0.1, 0.15) is 0 Å². The second-order valence-electron chi connectivity index (χ2n) is 7.13. The molecule has 2 aliphatic rings. The van der Waals surface area contributed by atoms with Crippen molar-refractivity contribution in [3.8, 4) is 0 Å². The van der Waals surface area contributed by atoms with Crippen LogP contribution in [0.3, 0.4) is 0 Å². The number of amides is 2. The molecular weight excluding hydrogens is 288 g/mol. The average molecular weight is 314 g/mol. The topological polar surface area (TPSA) is 40.6 Å².